The largest absolute Gasteiger partial charge is 0.493 e. The molecule has 1 atom stereocenters. The molecule has 4 heteroatoms. The summed E-state index contributed by atoms with van der Waals surface area (Å²) in [5, 5.41) is 0. The minimum atomic E-state index is 0.345. The number of hydrogen-bond acceptors (Lipinski definition) is 3. The number of rotatable bonds is 3. The monoisotopic (exact) mass is 286 g/mol. The first-order valence-electron chi connectivity index (χ1n) is 5.18. The van der Waals surface area contributed by atoms with E-state index in [9.17, 15) is 0 Å². The van der Waals surface area contributed by atoms with Gasteiger partial charge in [0.1, 0.15) is 0 Å². The summed E-state index contributed by atoms with van der Waals surface area (Å²) in [7, 11) is 4.94. The first-order chi connectivity index (χ1) is 7.72. The number of ether oxygens (including phenoxy) is 3. The van der Waals surface area contributed by atoms with E-state index in [1.807, 2.05) is 6.07 Å². The third-order valence-corrected chi connectivity index (χ3v) is 3.85. The van der Waals surface area contributed by atoms with E-state index < -0.39 is 0 Å². The van der Waals surface area contributed by atoms with E-state index in [1.54, 1.807) is 21.3 Å². The molecule has 0 radical (unpaired) electrons. The van der Waals surface area contributed by atoms with Crippen molar-refractivity contribution in [1.29, 1.82) is 0 Å². The summed E-state index contributed by atoms with van der Waals surface area (Å²) in [6, 6.07) is 2.04. The Morgan fingerprint density at radius 3 is 2.38 bits per heavy atom. The maximum atomic E-state index is 5.46. The Bertz CT molecular complexity index is 403. The molecule has 88 valence electrons. The first-order valence-corrected chi connectivity index (χ1v) is 6.10. The molecule has 1 aliphatic carbocycles. The van der Waals surface area contributed by atoms with Gasteiger partial charge in [-0.1, -0.05) is 15.9 Å². The van der Waals surface area contributed by atoms with E-state index in [4.69, 9.17) is 14.2 Å². The van der Waals surface area contributed by atoms with Gasteiger partial charge in [0, 0.05) is 10.4 Å². The third-order valence-electron chi connectivity index (χ3n) is 2.93. The molecule has 1 aromatic carbocycles. The number of alkyl halides is 1. The van der Waals surface area contributed by atoms with Gasteiger partial charge in [0.2, 0.25) is 5.75 Å². The zero-order valence-corrected chi connectivity index (χ0v) is 11.3. The van der Waals surface area contributed by atoms with Crippen LogP contribution < -0.4 is 14.2 Å². The first kappa shape index (κ1) is 11.6. The average molecular weight is 287 g/mol. The summed E-state index contributed by atoms with van der Waals surface area (Å²) in [4.78, 5) is 0.345. The van der Waals surface area contributed by atoms with Gasteiger partial charge in [-0.15, -0.1) is 0 Å². The summed E-state index contributed by atoms with van der Waals surface area (Å²) in [6.45, 7) is 0. The van der Waals surface area contributed by atoms with E-state index in [0.29, 0.717) is 10.6 Å². The van der Waals surface area contributed by atoms with Crippen molar-refractivity contribution in [2.24, 2.45) is 0 Å². The molecular formula is C12H15BrO3. The summed E-state index contributed by atoms with van der Waals surface area (Å²) in [6.07, 6.45) is 2.13. The molecule has 1 unspecified atom stereocenters. The van der Waals surface area contributed by atoms with Crippen LogP contribution in [0.3, 0.4) is 0 Å². The molecule has 0 heterocycles. The molecule has 0 aromatic heterocycles. The number of methoxy groups -OCH3 is 3. The second-order valence-corrected chi connectivity index (χ2v) is 4.83. The molecule has 16 heavy (non-hydrogen) atoms. The van der Waals surface area contributed by atoms with Crippen molar-refractivity contribution >= 4 is 15.9 Å². The highest BCUT2D eigenvalue weighted by atomic mass is 79.9. The maximum Gasteiger partial charge on any atom is 0.203 e. The van der Waals surface area contributed by atoms with E-state index in [2.05, 4.69) is 15.9 Å². The second kappa shape index (κ2) is 4.53. The highest BCUT2D eigenvalue weighted by Crippen LogP contribution is 2.51. The van der Waals surface area contributed by atoms with Gasteiger partial charge < -0.3 is 14.2 Å². The Labute approximate surface area is 104 Å². The summed E-state index contributed by atoms with van der Waals surface area (Å²) in [5.41, 5.74) is 2.47. The zero-order chi connectivity index (χ0) is 11.7. The van der Waals surface area contributed by atoms with Crippen molar-refractivity contribution in [3.8, 4) is 17.2 Å². The van der Waals surface area contributed by atoms with Gasteiger partial charge in [0.15, 0.2) is 11.5 Å². The fourth-order valence-corrected chi connectivity index (χ4v) is 2.94. The van der Waals surface area contributed by atoms with Crippen molar-refractivity contribution in [3.05, 3.63) is 17.2 Å². The van der Waals surface area contributed by atoms with Crippen LogP contribution in [0.4, 0.5) is 0 Å². The lowest BCUT2D eigenvalue weighted by Crippen LogP contribution is -1.99. The van der Waals surface area contributed by atoms with Gasteiger partial charge in [-0.3, -0.25) is 0 Å². The summed E-state index contributed by atoms with van der Waals surface area (Å²) >= 11 is 3.66. The molecule has 0 N–H and O–H groups in total. The number of halogens is 1. The molecule has 0 spiro atoms. The van der Waals surface area contributed by atoms with Gasteiger partial charge >= 0.3 is 0 Å². The lowest BCUT2D eigenvalue weighted by atomic mass is 10.1. The predicted octanol–water partition coefficient (Wildman–Crippen LogP) is 3.09. The maximum absolute atomic E-state index is 5.46. The Balaban J connectivity index is 2.65. The second-order valence-electron chi connectivity index (χ2n) is 3.72. The number of aryl methyl sites for hydroxylation is 1. The van der Waals surface area contributed by atoms with E-state index >= 15 is 0 Å². The standard InChI is InChI=1S/C12H15BrO3/c1-14-9-6-7-4-5-8(13)10(7)12(16-3)11(9)15-2/h6,8H,4-5H2,1-3H3. The normalized spacial score (nSPS) is 18.1. The van der Waals surface area contributed by atoms with E-state index in [-0.39, 0.29) is 0 Å². The smallest absolute Gasteiger partial charge is 0.203 e. The van der Waals surface area contributed by atoms with Gasteiger partial charge in [-0.2, -0.15) is 0 Å². The highest BCUT2D eigenvalue weighted by Gasteiger charge is 2.29. The van der Waals surface area contributed by atoms with Gasteiger partial charge in [0.05, 0.1) is 21.3 Å². The summed E-state index contributed by atoms with van der Waals surface area (Å²) < 4.78 is 16.1. The Morgan fingerprint density at radius 1 is 1.12 bits per heavy atom. The van der Waals surface area contributed by atoms with Crippen LogP contribution in [0.5, 0.6) is 17.2 Å². The van der Waals surface area contributed by atoms with Crippen LogP contribution in [-0.2, 0) is 6.42 Å². The highest BCUT2D eigenvalue weighted by molar-refractivity contribution is 9.09. The molecule has 1 aliphatic rings. The molecule has 1 aromatic rings. The molecule has 0 saturated heterocycles. The molecular weight excluding hydrogens is 272 g/mol. The third kappa shape index (κ3) is 1.65. The van der Waals surface area contributed by atoms with Crippen molar-refractivity contribution < 1.29 is 14.2 Å². The number of hydrogen-bond donors (Lipinski definition) is 0. The fraction of sp³-hybridized carbons (Fsp3) is 0.500. The fourth-order valence-electron chi connectivity index (χ4n) is 2.21. The Hall–Kier alpha value is -0.900. The number of benzene rings is 1. The SMILES string of the molecule is COc1cc2c(c(OC)c1OC)C(Br)CC2. The van der Waals surface area contributed by atoms with Crippen LogP contribution in [0.1, 0.15) is 22.4 Å². The van der Waals surface area contributed by atoms with Crippen LogP contribution in [0.15, 0.2) is 6.07 Å². The van der Waals surface area contributed by atoms with Crippen molar-refractivity contribution in [2.75, 3.05) is 21.3 Å². The molecule has 2 rings (SSSR count). The number of fused-ring (bicyclic) bond motifs is 1. The van der Waals surface area contributed by atoms with Gasteiger partial charge in [-0.25, -0.2) is 0 Å². The van der Waals surface area contributed by atoms with Crippen LogP contribution in [0, 0.1) is 0 Å². The zero-order valence-electron chi connectivity index (χ0n) is 9.67. The van der Waals surface area contributed by atoms with Crippen LogP contribution in [-0.4, -0.2) is 21.3 Å². The molecule has 0 bridgehead atoms. The predicted molar refractivity (Wildman–Crippen MR) is 66.1 cm³/mol. The van der Waals surface area contributed by atoms with Crippen LogP contribution >= 0.6 is 15.9 Å². The van der Waals surface area contributed by atoms with Gasteiger partial charge in [-0.05, 0) is 24.5 Å². The minimum absolute atomic E-state index is 0.345. The van der Waals surface area contributed by atoms with E-state index in [0.717, 1.165) is 24.3 Å². The van der Waals surface area contributed by atoms with Crippen molar-refractivity contribution in [2.45, 2.75) is 17.7 Å². The molecule has 0 aliphatic heterocycles. The topological polar surface area (TPSA) is 27.7 Å². The average Bonchev–Trinajstić information content (AvgIpc) is 2.68. The van der Waals surface area contributed by atoms with Crippen LogP contribution in [0.25, 0.3) is 0 Å². The van der Waals surface area contributed by atoms with E-state index in [1.165, 1.54) is 11.1 Å². The van der Waals surface area contributed by atoms with Gasteiger partial charge in [0.25, 0.3) is 0 Å². The Kier molecular flexibility index (Phi) is 3.28. The van der Waals surface area contributed by atoms with Crippen molar-refractivity contribution in [1.82, 2.24) is 0 Å². The lowest BCUT2D eigenvalue weighted by molar-refractivity contribution is 0.322. The lowest BCUT2D eigenvalue weighted by Gasteiger charge is -2.17. The summed E-state index contributed by atoms with van der Waals surface area (Å²) in [5.74, 6) is 2.20. The molecule has 0 saturated carbocycles. The molecule has 3 nitrogen and oxygen atoms in total. The quantitative estimate of drug-likeness (QED) is 0.800. The van der Waals surface area contributed by atoms with Crippen molar-refractivity contribution in [3.63, 3.8) is 0 Å². The Morgan fingerprint density at radius 2 is 1.81 bits per heavy atom. The van der Waals surface area contributed by atoms with Crippen LogP contribution in [0.2, 0.25) is 0 Å². The molecule has 0 amide bonds. The minimum Gasteiger partial charge on any atom is -0.493 e. The molecule has 0 fully saturated rings.